The molecule has 0 aromatic carbocycles. The Bertz CT molecular complexity index is 258. The Morgan fingerprint density at radius 2 is 1.94 bits per heavy atom. The first-order valence-electron chi connectivity index (χ1n) is 6.57. The Labute approximate surface area is 103 Å². The molecule has 0 unspecified atom stereocenters. The molecule has 0 atom stereocenters. The molecule has 1 aliphatic heterocycles. The average Bonchev–Trinajstić information content (AvgIpc) is 3.13. The largest absolute Gasteiger partial charge is 0.341 e. The number of amides is 2. The summed E-state index contributed by atoms with van der Waals surface area (Å²) in [5, 5.41) is 0. The third-order valence-electron chi connectivity index (χ3n) is 3.51. The first-order valence-corrected chi connectivity index (χ1v) is 6.57. The van der Waals surface area contributed by atoms with E-state index in [0.717, 1.165) is 26.2 Å². The van der Waals surface area contributed by atoms with Crippen molar-refractivity contribution in [2.75, 3.05) is 32.8 Å². The number of urea groups is 1. The van der Waals surface area contributed by atoms with Gasteiger partial charge in [0.2, 0.25) is 0 Å². The van der Waals surface area contributed by atoms with Crippen LogP contribution in [0.1, 0.15) is 26.7 Å². The average molecular weight is 241 g/mol. The lowest BCUT2D eigenvalue weighted by molar-refractivity contribution is 0.0327. The van der Waals surface area contributed by atoms with E-state index >= 15 is 0 Å². The molecule has 1 saturated carbocycles. The molecule has 2 aliphatic rings. The zero-order valence-electron chi connectivity index (χ0n) is 10.8. The summed E-state index contributed by atoms with van der Waals surface area (Å²) in [4.78, 5) is 21.1. The molecule has 1 N–H and O–H groups in total. The van der Waals surface area contributed by atoms with Crippen molar-refractivity contribution in [3.05, 3.63) is 0 Å². The monoisotopic (exact) mass is 241 g/mol. The number of carbonyl (C=O) groups excluding carboxylic acids is 1. The molecule has 2 fully saturated rings. The fourth-order valence-electron chi connectivity index (χ4n) is 2.01. The lowest BCUT2D eigenvalue weighted by Gasteiger charge is -2.36. The van der Waals surface area contributed by atoms with Crippen LogP contribution in [0.15, 0.2) is 0 Å². The smallest absolute Gasteiger partial charge is 0.320 e. The second-order valence-electron chi connectivity index (χ2n) is 5.28. The lowest BCUT2D eigenvalue weighted by Crippen LogP contribution is -2.53. The Hall–Kier alpha value is -0.810. The minimum Gasteiger partial charge on any atom is -0.320 e. The number of nitrogens with one attached hydrogen (secondary N) is 1. The van der Waals surface area contributed by atoms with Gasteiger partial charge in [0.1, 0.15) is 0 Å². The van der Waals surface area contributed by atoms with Crippen LogP contribution in [0.5, 0.6) is 0 Å². The molecule has 1 aliphatic carbocycles. The van der Waals surface area contributed by atoms with Gasteiger partial charge in [0.25, 0.3) is 0 Å². The van der Waals surface area contributed by atoms with Gasteiger partial charge >= 0.3 is 6.03 Å². The van der Waals surface area contributed by atoms with Crippen molar-refractivity contribution in [2.24, 2.45) is 5.92 Å². The van der Waals surface area contributed by atoms with Gasteiger partial charge in [-0.2, -0.15) is 0 Å². The summed E-state index contributed by atoms with van der Waals surface area (Å²) in [7, 11) is 0. The normalized spacial score (nSPS) is 21.9. The molecule has 2 amide bonds. The summed E-state index contributed by atoms with van der Waals surface area (Å²) in [6.45, 7) is 8.52. The highest BCUT2D eigenvalue weighted by Crippen LogP contribution is 2.28. The zero-order valence-corrected chi connectivity index (χ0v) is 10.8. The Balaban J connectivity index is 1.62. The zero-order chi connectivity index (χ0) is 12.3. The number of nitrogens with zero attached hydrogens (tertiary/aromatic N) is 2. The first kappa shape index (κ1) is 12.6. The number of hydrogen-bond donors (Lipinski definition) is 1. The van der Waals surface area contributed by atoms with Crippen LogP contribution in [-0.2, 0) is 4.84 Å². The second kappa shape index (κ2) is 5.69. The summed E-state index contributed by atoms with van der Waals surface area (Å²) in [5.74, 6) is 0.674. The van der Waals surface area contributed by atoms with E-state index in [1.54, 1.807) is 0 Å². The minimum atomic E-state index is -0.0888. The van der Waals surface area contributed by atoms with Crippen LogP contribution in [0.2, 0.25) is 0 Å². The van der Waals surface area contributed by atoms with Gasteiger partial charge in [0.05, 0.1) is 6.61 Å². The molecule has 17 heavy (non-hydrogen) atoms. The maximum atomic E-state index is 11.7. The third kappa shape index (κ3) is 3.85. The van der Waals surface area contributed by atoms with Crippen molar-refractivity contribution >= 4 is 6.03 Å². The van der Waals surface area contributed by atoms with E-state index in [1.807, 2.05) is 4.90 Å². The van der Waals surface area contributed by atoms with Gasteiger partial charge in [0, 0.05) is 32.2 Å². The van der Waals surface area contributed by atoms with Crippen LogP contribution in [0.25, 0.3) is 0 Å². The fourth-order valence-corrected chi connectivity index (χ4v) is 2.01. The van der Waals surface area contributed by atoms with E-state index in [4.69, 9.17) is 4.84 Å². The Morgan fingerprint density at radius 1 is 1.29 bits per heavy atom. The van der Waals surface area contributed by atoms with Crippen molar-refractivity contribution in [1.29, 1.82) is 0 Å². The number of rotatable bonds is 4. The van der Waals surface area contributed by atoms with E-state index in [-0.39, 0.29) is 6.03 Å². The molecule has 0 aromatic rings. The molecule has 98 valence electrons. The van der Waals surface area contributed by atoms with Crippen molar-refractivity contribution in [3.8, 4) is 0 Å². The van der Waals surface area contributed by atoms with Gasteiger partial charge in [-0.05, 0) is 32.6 Å². The molecule has 0 spiro atoms. The molecule has 0 bridgehead atoms. The lowest BCUT2D eigenvalue weighted by atomic mass is 10.2. The fraction of sp³-hybridized carbons (Fsp3) is 0.917. The highest BCUT2D eigenvalue weighted by atomic mass is 16.7. The van der Waals surface area contributed by atoms with E-state index in [9.17, 15) is 4.79 Å². The molecule has 1 heterocycles. The van der Waals surface area contributed by atoms with Gasteiger partial charge in [0.15, 0.2) is 0 Å². The number of hydrogen-bond acceptors (Lipinski definition) is 3. The number of carbonyl (C=O) groups is 1. The van der Waals surface area contributed by atoms with Gasteiger partial charge < -0.3 is 4.90 Å². The highest BCUT2D eigenvalue weighted by molar-refractivity contribution is 5.73. The third-order valence-corrected chi connectivity index (χ3v) is 3.51. The Morgan fingerprint density at radius 3 is 2.47 bits per heavy atom. The van der Waals surface area contributed by atoms with Gasteiger partial charge in [-0.1, -0.05) is 0 Å². The van der Waals surface area contributed by atoms with E-state index < -0.39 is 0 Å². The minimum absolute atomic E-state index is 0.0888. The van der Waals surface area contributed by atoms with Crippen LogP contribution in [-0.4, -0.2) is 54.7 Å². The van der Waals surface area contributed by atoms with E-state index in [1.165, 1.54) is 12.8 Å². The van der Waals surface area contributed by atoms with Crippen molar-refractivity contribution in [2.45, 2.75) is 32.7 Å². The quantitative estimate of drug-likeness (QED) is 0.749. The standard InChI is InChI=1S/C12H23N3O2/c1-10(2)14-5-7-15(8-6-14)12(16)13-17-9-11-3-4-11/h10-11H,3-9H2,1-2H3,(H,13,16). The SMILES string of the molecule is CC(C)N1CCN(C(=O)NOCC2CC2)CC1. The summed E-state index contributed by atoms with van der Waals surface area (Å²) < 4.78 is 0. The molecule has 0 aromatic heterocycles. The summed E-state index contributed by atoms with van der Waals surface area (Å²) in [6, 6.07) is 0.473. The van der Waals surface area contributed by atoms with E-state index in [0.29, 0.717) is 18.6 Å². The van der Waals surface area contributed by atoms with Gasteiger partial charge in [-0.25, -0.2) is 10.3 Å². The Kier molecular flexibility index (Phi) is 4.23. The van der Waals surface area contributed by atoms with Crippen molar-refractivity contribution < 1.29 is 9.63 Å². The first-order chi connectivity index (χ1) is 8.16. The topological polar surface area (TPSA) is 44.8 Å². The van der Waals surface area contributed by atoms with Gasteiger partial charge in [-0.15, -0.1) is 0 Å². The predicted molar refractivity (Wildman–Crippen MR) is 65.5 cm³/mol. The van der Waals surface area contributed by atoms with E-state index in [2.05, 4.69) is 24.2 Å². The second-order valence-corrected chi connectivity index (χ2v) is 5.28. The van der Waals surface area contributed by atoms with Crippen molar-refractivity contribution in [3.63, 3.8) is 0 Å². The number of piperazine rings is 1. The van der Waals surface area contributed by atoms with Crippen LogP contribution in [0.4, 0.5) is 4.79 Å². The molecule has 5 nitrogen and oxygen atoms in total. The molecular weight excluding hydrogens is 218 g/mol. The molecule has 0 radical (unpaired) electrons. The summed E-state index contributed by atoms with van der Waals surface area (Å²) >= 11 is 0. The summed E-state index contributed by atoms with van der Waals surface area (Å²) in [5.41, 5.74) is 2.54. The molecule has 5 heteroatoms. The van der Waals surface area contributed by atoms with Crippen LogP contribution in [0.3, 0.4) is 0 Å². The highest BCUT2D eigenvalue weighted by Gasteiger charge is 2.24. The van der Waals surface area contributed by atoms with Crippen molar-refractivity contribution in [1.82, 2.24) is 15.3 Å². The van der Waals surface area contributed by atoms with Gasteiger partial charge in [-0.3, -0.25) is 9.74 Å². The van der Waals surface area contributed by atoms with Crippen LogP contribution in [0, 0.1) is 5.92 Å². The molecular formula is C12H23N3O2. The molecule has 1 saturated heterocycles. The maximum absolute atomic E-state index is 11.7. The van der Waals surface area contributed by atoms with Crippen LogP contribution >= 0.6 is 0 Å². The number of hydroxylamine groups is 1. The summed E-state index contributed by atoms with van der Waals surface area (Å²) in [6.07, 6.45) is 2.48. The van der Waals surface area contributed by atoms with Crippen LogP contribution < -0.4 is 5.48 Å². The molecule has 2 rings (SSSR count). The maximum Gasteiger partial charge on any atom is 0.341 e. The predicted octanol–water partition coefficient (Wildman–Crippen LogP) is 1.06.